The van der Waals surface area contributed by atoms with Crippen LogP contribution in [0.15, 0.2) is 18.2 Å². The monoisotopic (exact) mass is 345 g/mol. The van der Waals surface area contributed by atoms with Crippen molar-refractivity contribution in [2.75, 3.05) is 6.61 Å². The predicted molar refractivity (Wildman–Crippen MR) is 99.1 cm³/mol. The van der Waals surface area contributed by atoms with Crippen molar-refractivity contribution >= 4 is 5.91 Å². The standard InChI is InChI=1S/C21H31NO3/c1-14-9-16(12-20(2,3)10-14)22-18(23)13-24-17-8-6-7-15-11-21(4,5)25-19(15)17/h6-8,14,16H,9-13H2,1-5H3,(H,22,23)/t14-,16+/m1/s1. The molecular formula is C21H31NO3. The number of benzene rings is 1. The van der Waals surface area contributed by atoms with Gasteiger partial charge in [0, 0.05) is 18.0 Å². The van der Waals surface area contributed by atoms with Gasteiger partial charge in [0.25, 0.3) is 5.91 Å². The number of amides is 1. The number of ether oxygens (including phenoxy) is 2. The molecule has 1 aromatic rings. The zero-order chi connectivity index (χ0) is 18.2. The fourth-order valence-electron chi connectivity index (χ4n) is 4.57. The number of carbonyl (C=O) groups excluding carboxylic acids is 1. The number of carbonyl (C=O) groups is 1. The maximum absolute atomic E-state index is 12.4. The molecule has 1 aliphatic heterocycles. The summed E-state index contributed by atoms with van der Waals surface area (Å²) in [6.45, 7) is 11.0. The van der Waals surface area contributed by atoms with Crippen LogP contribution in [0.3, 0.4) is 0 Å². The molecule has 0 aromatic heterocycles. The largest absolute Gasteiger partial charge is 0.483 e. The highest BCUT2D eigenvalue weighted by atomic mass is 16.5. The molecule has 4 heteroatoms. The Bertz CT molecular complexity index is 651. The van der Waals surface area contributed by atoms with E-state index in [4.69, 9.17) is 9.47 Å². The first-order valence-corrected chi connectivity index (χ1v) is 9.37. The van der Waals surface area contributed by atoms with E-state index in [1.807, 2.05) is 12.1 Å². The highest BCUT2D eigenvalue weighted by Crippen LogP contribution is 2.42. The summed E-state index contributed by atoms with van der Waals surface area (Å²) in [5, 5.41) is 3.15. The first-order chi connectivity index (χ1) is 11.6. The highest BCUT2D eigenvalue weighted by molar-refractivity contribution is 5.78. The molecular weight excluding hydrogens is 314 g/mol. The SMILES string of the molecule is C[C@@H]1C[C@H](NC(=O)COc2cccc3c2OC(C)(C)C3)CC(C)(C)C1. The lowest BCUT2D eigenvalue weighted by atomic mass is 9.70. The lowest BCUT2D eigenvalue weighted by molar-refractivity contribution is -0.124. The van der Waals surface area contributed by atoms with Crippen LogP contribution in [0.2, 0.25) is 0 Å². The van der Waals surface area contributed by atoms with E-state index in [-0.39, 0.29) is 29.6 Å². The Balaban J connectivity index is 1.56. The van der Waals surface area contributed by atoms with E-state index in [1.54, 1.807) is 0 Å². The molecule has 1 heterocycles. The van der Waals surface area contributed by atoms with E-state index >= 15 is 0 Å². The average Bonchev–Trinajstić information content (AvgIpc) is 2.77. The third-order valence-electron chi connectivity index (χ3n) is 5.17. The molecule has 1 fully saturated rings. The number of hydrogen-bond donors (Lipinski definition) is 1. The Kier molecular flexibility index (Phi) is 4.74. The highest BCUT2D eigenvalue weighted by Gasteiger charge is 2.34. The molecule has 1 amide bonds. The zero-order valence-electron chi connectivity index (χ0n) is 16.1. The minimum absolute atomic E-state index is 0.0333. The first-order valence-electron chi connectivity index (χ1n) is 9.37. The van der Waals surface area contributed by atoms with Gasteiger partial charge in [0.1, 0.15) is 5.60 Å². The van der Waals surface area contributed by atoms with Gasteiger partial charge >= 0.3 is 0 Å². The van der Waals surface area contributed by atoms with Gasteiger partial charge in [0.15, 0.2) is 18.1 Å². The number of hydrogen-bond acceptors (Lipinski definition) is 3. The molecule has 0 radical (unpaired) electrons. The van der Waals surface area contributed by atoms with Gasteiger partial charge in [0.05, 0.1) is 0 Å². The van der Waals surface area contributed by atoms with Crippen LogP contribution >= 0.6 is 0 Å². The van der Waals surface area contributed by atoms with Gasteiger partial charge in [-0.05, 0) is 50.5 Å². The lowest BCUT2D eigenvalue weighted by Gasteiger charge is -2.39. The Hall–Kier alpha value is -1.71. The third kappa shape index (κ3) is 4.47. The van der Waals surface area contributed by atoms with Crippen molar-refractivity contribution in [3.63, 3.8) is 0 Å². The van der Waals surface area contributed by atoms with Crippen LogP contribution < -0.4 is 14.8 Å². The summed E-state index contributed by atoms with van der Waals surface area (Å²) in [6, 6.07) is 6.13. The molecule has 4 nitrogen and oxygen atoms in total. The van der Waals surface area contributed by atoms with Crippen LogP contribution in [0.4, 0.5) is 0 Å². The van der Waals surface area contributed by atoms with Crippen molar-refractivity contribution < 1.29 is 14.3 Å². The normalized spacial score (nSPS) is 26.4. The van der Waals surface area contributed by atoms with E-state index < -0.39 is 0 Å². The van der Waals surface area contributed by atoms with Crippen molar-refractivity contribution in [3.05, 3.63) is 23.8 Å². The minimum Gasteiger partial charge on any atom is -0.483 e. The second-order valence-corrected chi connectivity index (χ2v) is 9.25. The Labute approximate surface area is 151 Å². The smallest absolute Gasteiger partial charge is 0.258 e. The molecule has 0 spiro atoms. The van der Waals surface area contributed by atoms with Crippen LogP contribution in [0.25, 0.3) is 0 Å². The van der Waals surface area contributed by atoms with Crippen molar-refractivity contribution in [1.29, 1.82) is 0 Å². The summed E-state index contributed by atoms with van der Waals surface area (Å²) in [6.07, 6.45) is 4.16. The van der Waals surface area contributed by atoms with Gasteiger partial charge in [-0.3, -0.25) is 4.79 Å². The summed E-state index contributed by atoms with van der Waals surface area (Å²) < 4.78 is 11.8. The zero-order valence-corrected chi connectivity index (χ0v) is 16.1. The summed E-state index contributed by atoms with van der Waals surface area (Å²) in [4.78, 5) is 12.4. The molecule has 0 saturated heterocycles. The van der Waals surface area contributed by atoms with Crippen LogP contribution in [-0.4, -0.2) is 24.2 Å². The second-order valence-electron chi connectivity index (χ2n) is 9.25. The fourth-order valence-corrected chi connectivity index (χ4v) is 4.57. The quantitative estimate of drug-likeness (QED) is 0.893. The van der Waals surface area contributed by atoms with Crippen molar-refractivity contribution in [2.45, 2.75) is 71.9 Å². The molecule has 0 bridgehead atoms. The Morgan fingerprint density at radius 2 is 2.04 bits per heavy atom. The van der Waals surface area contributed by atoms with E-state index in [0.717, 1.165) is 30.6 Å². The maximum Gasteiger partial charge on any atom is 0.258 e. The summed E-state index contributed by atoms with van der Waals surface area (Å²) in [5.41, 5.74) is 1.22. The van der Waals surface area contributed by atoms with Gasteiger partial charge in [0.2, 0.25) is 0 Å². The van der Waals surface area contributed by atoms with Gasteiger partial charge < -0.3 is 14.8 Å². The van der Waals surface area contributed by atoms with Crippen LogP contribution in [0, 0.1) is 11.3 Å². The number of nitrogens with one attached hydrogen (secondary N) is 1. The average molecular weight is 345 g/mol. The van der Waals surface area contributed by atoms with Crippen molar-refractivity contribution in [3.8, 4) is 11.5 Å². The maximum atomic E-state index is 12.4. The Morgan fingerprint density at radius 1 is 1.28 bits per heavy atom. The third-order valence-corrected chi connectivity index (χ3v) is 5.17. The minimum atomic E-state index is -0.214. The van der Waals surface area contributed by atoms with Crippen LogP contribution in [-0.2, 0) is 11.2 Å². The van der Waals surface area contributed by atoms with Gasteiger partial charge in [-0.2, -0.15) is 0 Å². The van der Waals surface area contributed by atoms with Gasteiger partial charge in [-0.25, -0.2) is 0 Å². The molecule has 138 valence electrons. The van der Waals surface area contributed by atoms with Crippen LogP contribution in [0.1, 0.15) is 59.4 Å². The van der Waals surface area contributed by atoms with Gasteiger partial charge in [-0.15, -0.1) is 0 Å². The molecule has 2 atom stereocenters. The molecule has 0 unspecified atom stereocenters. The second kappa shape index (κ2) is 6.54. The number of rotatable bonds is 4. The predicted octanol–water partition coefficient (Wildman–Crippen LogP) is 4.11. The van der Waals surface area contributed by atoms with Crippen LogP contribution in [0.5, 0.6) is 11.5 Å². The van der Waals surface area contributed by atoms with Crippen molar-refractivity contribution in [2.24, 2.45) is 11.3 Å². The topological polar surface area (TPSA) is 47.6 Å². The van der Waals surface area contributed by atoms with E-state index in [1.165, 1.54) is 6.42 Å². The molecule has 3 rings (SSSR count). The summed E-state index contributed by atoms with van der Waals surface area (Å²) in [7, 11) is 0. The summed E-state index contributed by atoms with van der Waals surface area (Å²) >= 11 is 0. The van der Waals surface area contributed by atoms with E-state index in [2.05, 4.69) is 46.0 Å². The lowest BCUT2D eigenvalue weighted by Crippen LogP contribution is -2.44. The molecule has 1 aliphatic carbocycles. The Morgan fingerprint density at radius 3 is 2.76 bits per heavy atom. The molecule has 25 heavy (non-hydrogen) atoms. The molecule has 1 N–H and O–H groups in total. The number of fused-ring (bicyclic) bond motifs is 1. The molecule has 1 saturated carbocycles. The first kappa shape index (κ1) is 18.1. The van der Waals surface area contributed by atoms with E-state index in [9.17, 15) is 4.79 Å². The van der Waals surface area contributed by atoms with Gasteiger partial charge in [-0.1, -0.05) is 32.9 Å². The summed E-state index contributed by atoms with van der Waals surface area (Å²) in [5.74, 6) is 2.04. The fraction of sp³-hybridized carbons (Fsp3) is 0.667. The molecule has 1 aromatic carbocycles. The van der Waals surface area contributed by atoms with Crippen molar-refractivity contribution in [1.82, 2.24) is 5.32 Å². The number of para-hydroxylation sites is 1. The van der Waals surface area contributed by atoms with E-state index in [0.29, 0.717) is 11.7 Å². The molecule has 2 aliphatic rings.